The summed E-state index contributed by atoms with van der Waals surface area (Å²) < 4.78 is 32.5. The number of ether oxygens (including phenoxy) is 1. The molecule has 1 aromatic carbocycles. The van der Waals surface area contributed by atoms with Crippen LogP contribution in [0.15, 0.2) is 12.1 Å². The molecule has 1 fully saturated rings. The molecule has 20 heavy (non-hydrogen) atoms. The molecule has 1 aliphatic carbocycles. The van der Waals surface area contributed by atoms with E-state index >= 15 is 0 Å². The average molecular weight is 279 g/mol. The van der Waals surface area contributed by atoms with E-state index < -0.39 is 11.6 Å². The van der Waals surface area contributed by atoms with Gasteiger partial charge in [-0.15, -0.1) is 0 Å². The Morgan fingerprint density at radius 1 is 1.15 bits per heavy atom. The summed E-state index contributed by atoms with van der Waals surface area (Å²) in [5.74, 6) is -1.07. The van der Waals surface area contributed by atoms with E-state index in [1.807, 2.05) is 0 Å². The third-order valence-electron chi connectivity index (χ3n) is 4.19. The van der Waals surface area contributed by atoms with Gasteiger partial charge in [0, 0.05) is 0 Å². The molecule has 108 valence electrons. The number of nitriles is 1. The molecular weight excluding hydrogens is 260 g/mol. The first-order valence-corrected chi connectivity index (χ1v) is 7.16. The van der Waals surface area contributed by atoms with Crippen molar-refractivity contribution in [3.63, 3.8) is 0 Å². The second kappa shape index (κ2) is 6.69. The second-order valence-electron chi connectivity index (χ2n) is 5.46. The fourth-order valence-corrected chi connectivity index (χ4v) is 2.74. The molecule has 0 bridgehead atoms. The van der Waals surface area contributed by atoms with Crippen LogP contribution in [0.2, 0.25) is 0 Å². The smallest absolute Gasteiger partial charge is 0.201 e. The number of nitrogens with zero attached hydrogens (tertiary/aromatic N) is 1. The fraction of sp³-hybridized carbons (Fsp3) is 0.562. The zero-order chi connectivity index (χ0) is 14.5. The molecule has 0 radical (unpaired) electrons. The minimum Gasteiger partial charge on any atom is -0.490 e. The lowest BCUT2D eigenvalue weighted by molar-refractivity contribution is 0.175. The van der Waals surface area contributed by atoms with Gasteiger partial charge >= 0.3 is 0 Å². The van der Waals surface area contributed by atoms with Crippen molar-refractivity contribution in [1.29, 1.82) is 5.26 Å². The highest BCUT2D eigenvalue weighted by Crippen LogP contribution is 2.31. The molecule has 4 heteroatoms. The predicted molar refractivity (Wildman–Crippen MR) is 72.3 cm³/mol. The predicted octanol–water partition coefficient (Wildman–Crippen LogP) is 4.43. The minimum atomic E-state index is -1.13. The van der Waals surface area contributed by atoms with Gasteiger partial charge in [0.25, 0.3) is 0 Å². The summed E-state index contributed by atoms with van der Waals surface area (Å²) in [7, 11) is 0. The summed E-state index contributed by atoms with van der Waals surface area (Å²) in [4.78, 5) is 0. The Labute approximate surface area is 118 Å². The number of halogens is 2. The van der Waals surface area contributed by atoms with Crippen molar-refractivity contribution < 1.29 is 13.5 Å². The maximum absolute atomic E-state index is 13.7. The van der Waals surface area contributed by atoms with E-state index in [0.717, 1.165) is 18.8 Å². The molecular formula is C16H19F2NO. The monoisotopic (exact) mass is 279 g/mol. The highest BCUT2D eigenvalue weighted by Gasteiger charge is 2.21. The van der Waals surface area contributed by atoms with E-state index in [-0.39, 0.29) is 11.3 Å². The molecule has 0 N–H and O–H groups in total. The third kappa shape index (κ3) is 3.27. The molecule has 0 atom stereocenters. The fourth-order valence-electron chi connectivity index (χ4n) is 2.74. The van der Waals surface area contributed by atoms with Crippen molar-refractivity contribution in [3.05, 3.63) is 29.3 Å². The van der Waals surface area contributed by atoms with Crippen LogP contribution in [0, 0.1) is 34.8 Å². The lowest BCUT2D eigenvalue weighted by Crippen LogP contribution is -2.20. The Morgan fingerprint density at radius 3 is 2.40 bits per heavy atom. The molecule has 2 nitrogen and oxygen atoms in total. The van der Waals surface area contributed by atoms with Crippen LogP contribution < -0.4 is 4.74 Å². The largest absolute Gasteiger partial charge is 0.490 e. The van der Waals surface area contributed by atoms with Crippen molar-refractivity contribution in [2.45, 2.75) is 39.0 Å². The van der Waals surface area contributed by atoms with Gasteiger partial charge in [-0.1, -0.05) is 26.2 Å². The molecule has 0 saturated heterocycles. The summed E-state index contributed by atoms with van der Waals surface area (Å²) in [6, 6.07) is 4.19. The van der Waals surface area contributed by atoms with E-state index in [2.05, 4.69) is 6.92 Å². The van der Waals surface area contributed by atoms with Gasteiger partial charge in [-0.2, -0.15) is 9.65 Å². The molecule has 1 aliphatic rings. The van der Waals surface area contributed by atoms with Crippen molar-refractivity contribution in [2.75, 3.05) is 6.61 Å². The van der Waals surface area contributed by atoms with Crippen LogP contribution in [0.3, 0.4) is 0 Å². The van der Waals surface area contributed by atoms with Crippen molar-refractivity contribution in [2.24, 2.45) is 11.8 Å². The van der Waals surface area contributed by atoms with E-state index in [0.29, 0.717) is 12.5 Å². The van der Waals surface area contributed by atoms with Gasteiger partial charge in [0.15, 0.2) is 11.6 Å². The van der Waals surface area contributed by atoms with Gasteiger partial charge in [-0.25, -0.2) is 4.39 Å². The third-order valence-corrected chi connectivity index (χ3v) is 4.19. The summed E-state index contributed by atoms with van der Waals surface area (Å²) in [6.07, 6.45) is 5.75. The molecule has 0 amide bonds. The van der Waals surface area contributed by atoms with Crippen molar-refractivity contribution >= 4 is 0 Å². The van der Waals surface area contributed by atoms with Crippen LogP contribution in [0.5, 0.6) is 5.75 Å². The molecule has 1 aromatic rings. The summed E-state index contributed by atoms with van der Waals surface area (Å²) in [5, 5.41) is 8.62. The molecule has 0 unspecified atom stereocenters. The first-order chi connectivity index (χ1) is 9.65. The van der Waals surface area contributed by atoms with E-state index in [9.17, 15) is 8.78 Å². The highest BCUT2D eigenvalue weighted by molar-refractivity contribution is 5.37. The minimum absolute atomic E-state index is 0.0980. The van der Waals surface area contributed by atoms with Crippen molar-refractivity contribution in [3.8, 4) is 11.8 Å². The van der Waals surface area contributed by atoms with E-state index in [1.54, 1.807) is 6.07 Å². The Balaban J connectivity index is 1.92. The number of rotatable bonds is 4. The first kappa shape index (κ1) is 14.8. The van der Waals surface area contributed by atoms with E-state index in [4.69, 9.17) is 10.00 Å². The van der Waals surface area contributed by atoms with E-state index in [1.165, 1.54) is 31.4 Å². The summed E-state index contributed by atoms with van der Waals surface area (Å²) in [5.41, 5.74) is -0.293. The number of benzene rings is 1. The van der Waals surface area contributed by atoms with Gasteiger partial charge in [0.1, 0.15) is 6.07 Å². The second-order valence-corrected chi connectivity index (χ2v) is 5.46. The Kier molecular flexibility index (Phi) is 4.94. The molecule has 0 heterocycles. The van der Waals surface area contributed by atoms with Gasteiger partial charge < -0.3 is 4.74 Å². The van der Waals surface area contributed by atoms with Crippen LogP contribution in [0.1, 0.15) is 44.6 Å². The zero-order valence-corrected chi connectivity index (χ0v) is 11.7. The SMILES string of the molecule is CC[C@H]1CC[C@H](COc2ccc(C#N)c(F)c2F)CC1. The molecule has 0 aliphatic heterocycles. The summed E-state index contributed by atoms with van der Waals surface area (Å²) in [6.45, 7) is 2.62. The van der Waals surface area contributed by atoms with Gasteiger partial charge in [-0.05, 0) is 36.8 Å². The zero-order valence-electron chi connectivity index (χ0n) is 11.7. The highest BCUT2D eigenvalue weighted by atomic mass is 19.2. The van der Waals surface area contributed by atoms with Crippen LogP contribution in [0.25, 0.3) is 0 Å². The van der Waals surface area contributed by atoms with Gasteiger partial charge in [0.05, 0.1) is 12.2 Å². The van der Waals surface area contributed by atoms with Crippen LogP contribution >= 0.6 is 0 Å². The van der Waals surface area contributed by atoms with Crippen molar-refractivity contribution in [1.82, 2.24) is 0 Å². The maximum atomic E-state index is 13.7. The lowest BCUT2D eigenvalue weighted by Gasteiger charge is -2.27. The Morgan fingerprint density at radius 2 is 1.80 bits per heavy atom. The molecule has 0 aromatic heterocycles. The molecule has 0 spiro atoms. The lowest BCUT2D eigenvalue weighted by atomic mass is 9.81. The Bertz CT molecular complexity index is 502. The molecule has 2 rings (SSSR count). The topological polar surface area (TPSA) is 33.0 Å². The van der Waals surface area contributed by atoms with Crippen LogP contribution in [0.4, 0.5) is 8.78 Å². The van der Waals surface area contributed by atoms with Crippen LogP contribution in [-0.4, -0.2) is 6.61 Å². The number of hydrogen-bond acceptors (Lipinski definition) is 2. The standard InChI is InChI=1S/C16H19F2NO/c1-2-11-3-5-12(6-4-11)10-20-14-8-7-13(9-19)15(17)16(14)18/h7-8,11-12H,2-6,10H2,1H3/t11-,12-. The first-order valence-electron chi connectivity index (χ1n) is 7.16. The average Bonchev–Trinajstić information content (AvgIpc) is 2.49. The molecule has 1 saturated carbocycles. The maximum Gasteiger partial charge on any atom is 0.201 e. The van der Waals surface area contributed by atoms with Gasteiger partial charge in [0.2, 0.25) is 5.82 Å². The summed E-state index contributed by atoms with van der Waals surface area (Å²) >= 11 is 0. The van der Waals surface area contributed by atoms with Gasteiger partial charge in [-0.3, -0.25) is 0 Å². The number of hydrogen-bond donors (Lipinski definition) is 0. The van der Waals surface area contributed by atoms with Crippen LogP contribution in [-0.2, 0) is 0 Å². The normalized spacial score (nSPS) is 22.3. The Hall–Kier alpha value is -1.63. The quantitative estimate of drug-likeness (QED) is 0.816.